The molecule has 0 radical (unpaired) electrons. The molecule has 0 N–H and O–H groups in total. The molecule has 0 aliphatic rings. The van der Waals surface area contributed by atoms with E-state index in [0.717, 1.165) is 22.7 Å². The van der Waals surface area contributed by atoms with E-state index in [1.165, 1.54) is 25.7 Å². The first kappa shape index (κ1) is 16.0. The van der Waals surface area contributed by atoms with Crippen LogP contribution in [-0.4, -0.2) is 12.1 Å². The smallest absolute Gasteiger partial charge is 0.119 e. The van der Waals surface area contributed by atoms with Crippen LogP contribution in [0.1, 0.15) is 0 Å². The monoisotopic (exact) mass is 367 g/mol. The van der Waals surface area contributed by atoms with Crippen LogP contribution < -0.4 is 4.74 Å². The molecule has 5 aromatic rings. The number of rotatable bonds is 3. The van der Waals surface area contributed by atoms with Gasteiger partial charge in [-0.05, 0) is 30.3 Å². The summed E-state index contributed by atoms with van der Waals surface area (Å²) in [5.41, 5.74) is 4.18. The van der Waals surface area contributed by atoms with Gasteiger partial charge >= 0.3 is 0 Å². The van der Waals surface area contributed by atoms with Gasteiger partial charge in [0, 0.05) is 31.3 Å². The molecule has 130 valence electrons. The van der Waals surface area contributed by atoms with E-state index in [4.69, 9.17) is 9.72 Å². The molecule has 2 nitrogen and oxygen atoms in total. The van der Waals surface area contributed by atoms with Crippen LogP contribution in [0.15, 0.2) is 84.9 Å². The molecule has 3 aromatic carbocycles. The lowest BCUT2D eigenvalue weighted by atomic mass is 10.1. The number of methoxy groups -OCH3 is 1. The lowest BCUT2D eigenvalue weighted by Gasteiger charge is -2.07. The maximum atomic E-state index is 5.36. The van der Waals surface area contributed by atoms with Crippen LogP contribution in [0.2, 0.25) is 0 Å². The van der Waals surface area contributed by atoms with Gasteiger partial charge in [0.2, 0.25) is 0 Å². The number of hydrogen-bond donors (Lipinski definition) is 0. The average Bonchev–Trinajstić information content (AvgIpc) is 3.13. The summed E-state index contributed by atoms with van der Waals surface area (Å²) < 4.78 is 7.95. The van der Waals surface area contributed by atoms with E-state index in [1.54, 1.807) is 7.11 Å². The Balaban J connectivity index is 1.69. The van der Waals surface area contributed by atoms with Crippen molar-refractivity contribution in [3.05, 3.63) is 84.9 Å². The second-order valence-corrected chi connectivity index (χ2v) is 7.47. The average molecular weight is 367 g/mol. The SMILES string of the molecule is COc1cccc(-c2cccc(-c3cccc4c3sc3ccccc34)n2)c1. The Kier molecular flexibility index (Phi) is 3.88. The number of pyridine rings is 1. The van der Waals surface area contributed by atoms with Crippen LogP contribution in [0, 0.1) is 0 Å². The van der Waals surface area contributed by atoms with E-state index in [1.807, 2.05) is 35.6 Å². The third-order valence-electron chi connectivity index (χ3n) is 4.79. The van der Waals surface area contributed by atoms with Crippen molar-refractivity contribution >= 4 is 31.5 Å². The molecule has 0 spiro atoms. The first-order valence-electron chi connectivity index (χ1n) is 8.85. The quantitative estimate of drug-likeness (QED) is 0.350. The first-order chi connectivity index (χ1) is 13.3. The van der Waals surface area contributed by atoms with Gasteiger partial charge in [0.25, 0.3) is 0 Å². The number of hydrogen-bond acceptors (Lipinski definition) is 3. The van der Waals surface area contributed by atoms with Gasteiger partial charge in [0.1, 0.15) is 5.75 Å². The second kappa shape index (κ2) is 6.53. The van der Waals surface area contributed by atoms with Crippen LogP contribution in [0.25, 0.3) is 42.7 Å². The maximum Gasteiger partial charge on any atom is 0.119 e. The Hall–Kier alpha value is -3.17. The molecule has 0 bridgehead atoms. The van der Waals surface area contributed by atoms with Crippen LogP contribution in [0.4, 0.5) is 0 Å². The minimum Gasteiger partial charge on any atom is -0.497 e. The van der Waals surface area contributed by atoms with Gasteiger partial charge in [-0.2, -0.15) is 0 Å². The summed E-state index contributed by atoms with van der Waals surface area (Å²) in [6.07, 6.45) is 0. The summed E-state index contributed by atoms with van der Waals surface area (Å²) in [6, 6.07) is 29.3. The molecule has 0 aliphatic heterocycles. The molecular weight excluding hydrogens is 350 g/mol. The summed E-state index contributed by atoms with van der Waals surface area (Å²) in [5.74, 6) is 0.839. The summed E-state index contributed by atoms with van der Waals surface area (Å²) in [7, 11) is 1.69. The van der Waals surface area contributed by atoms with E-state index in [-0.39, 0.29) is 0 Å². The minimum absolute atomic E-state index is 0.839. The molecule has 0 amide bonds. The Bertz CT molecular complexity index is 1270. The number of ether oxygens (including phenoxy) is 1. The van der Waals surface area contributed by atoms with Crippen molar-refractivity contribution in [3.63, 3.8) is 0 Å². The van der Waals surface area contributed by atoms with Gasteiger partial charge in [-0.3, -0.25) is 0 Å². The van der Waals surface area contributed by atoms with E-state index in [2.05, 4.69) is 60.7 Å². The highest BCUT2D eigenvalue weighted by Crippen LogP contribution is 2.39. The molecule has 0 saturated heterocycles. The fourth-order valence-electron chi connectivity index (χ4n) is 3.48. The lowest BCUT2D eigenvalue weighted by molar-refractivity contribution is 0.415. The number of benzene rings is 3. The molecule has 0 aliphatic carbocycles. The fraction of sp³-hybridized carbons (Fsp3) is 0.0417. The molecule has 2 aromatic heterocycles. The van der Waals surface area contributed by atoms with Crippen LogP contribution in [0.3, 0.4) is 0 Å². The number of aromatic nitrogens is 1. The van der Waals surface area contributed by atoms with Crippen molar-refractivity contribution in [1.29, 1.82) is 0 Å². The minimum atomic E-state index is 0.839. The molecule has 2 heterocycles. The van der Waals surface area contributed by atoms with Crippen molar-refractivity contribution in [2.24, 2.45) is 0 Å². The molecule has 0 atom stereocenters. The van der Waals surface area contributed by atoms with E-state index < -0.39 is 0 Å². The second-order valence-electron chi connectivity index (χ2n) is 6.42. The van der Waals surface area contributed by atoms with Crippen LogP contribution >= 0.6 is 11.3 Å². The van der Waals surface area contributed by atoms with E-state index in [0.29, 0.717) is 0 Å². The third kappa shape index (κ3) is 2.77. The highest BCUT2D eigenvalue weighted by Gasteiger charge is 2.11. The summed E-state index contributed by atoms with van der Waals surface area (Å²) in [4.78, 5) is 4.96. The number of thiophene rings is 1. The zero-order valence-corrected chi connectivity index (χ0v) is 15.7. The molecule has 0 unspecified atom stereocenters. The van der Waals surface area contributed by atoms with Gasteiger partial charge in [0.05, 0.1) is 18.5 Å². The standard InChI is InChI=1S/C24H17NOS/c1-26-17-8-4-7-16(15-17)21-12-6-13-22(25-21)20-11-5-10-19-18-9-2-3-14-23(18)27-24(19)20/h2-15H,1H3. The van der Waals surface area contributed by atoms with Crippen LogP contribution in [-0.2, 0) is 0 Å². The van der Waals surface area contributed by atoms with Crippen molar-refractivity contribution in [3.8, 4) is 28.3 Å². The highest BCUT2D eigenvalue weighted by atomic mass is 32.1. The van der Waals surface area contributed by atoms with E-state index >= 15 is 0 Å². The molecule has 0 saturated carbocycles. The summed E-state index contributed by atoms with van der Waals surface area (Å²) in [6.45, 7) is 0. The van der Waals surface area contributed by atoms with Crippen LogP contribution in [0.5, 0.6) is 5.75 Å². The molecule has 0 fully saturated rings. The van der Waals surface area contributed by atoms with E-state index in [9.17, 15) is 0 Å². The summed E-state index contributed by atoms with van der Waals surface area (Å²) >= 11 is 1.83. The Morgan fingerprint density at radius 1 is 0.741 bits per heavy atom. The molecule has 27 heavy (non-hydrogen) atoms. The third-order valence-corrected chi connectivity index (χ3v) is 6.01. The normalized spacial score (nSPS) is 11.1. The van der Waals surface area contributed by atoms with Gasteiger partial charge in [-0.1, -0.05) is 54.6 Å². The molecular formula is C24H17NOS. The van der Waals surface area contributed by atoms with Crippen molar-refractivity contribution < 1.29 is 4.74 Å². The van der Waals surface area contributed by atoms with Gasteiger partial charge < -0.3 is 4.74 Å². The van der Waals surface area contributed by atoms with Crippen molar-refractivity contribution in [2.75, 3.05) is 7.11 Å². The zero-order valence-electron chi connectivity index (χ0n) is 14.8. The molecule has 5 rings (SSSR count). The first-order valence-corrected chi connectivity index (χ1v) is 9.67. The Morgan fingerprint density at radius 2 is 1.52 bits per heavy atom. The fourth-order valence-corrected chi connectivity index (χ4v) is 4.70. The molecule has 3 heteroatoms. The van der Waals surface area contributed by atoms with Gasteiger partial charge in [-0.25, -0.2) is 4.98 Å². The zero-order chi connectivity index (χ0) is 18.2. The largest absolute Gasteiger partial charge is 0.497 e. The van der Waals surface area contributed by atoms with Crippen molar-refractivity contribution in [2.45, 2.75) is 0 Å². The highest BCUT2D eigenvalue weighted by molar-refractivity contribution is 7.26. The Morgan fingerprint density at radius 3 is 2.44 bits per heavy atom. The number of nitrogens with zero attached hydrogens (tertiary/aromatic N) is 1. The summed E-state index contributed by atoms with van der Waals surface area (Å²) in [5, 5.41) is 2.60. The van der Waals surface area contributed by atoms with Gasteiger partial charge in [0.15, 0.2) is 0 Å². The Labute approximate surface area is 161 Å². The predicted molar refractivity (Wildman–Crippen MR) is 115 cm³/mol. The van der Waals surface area contributed by atoms with Gasteiger partial charge in [-0.15, -0.1) is 11.3 Å². The lowest BCUT2D eigenvalue weighted by Crippen LogP contribution is -1.89. The number of fused-ring (bicyclic) bond motifs is 3. The topological polar surface area (TPSA) is 22.1 Å². The maximum absolute atomic E-state index is 5.36. The predicted octanol–water partition coefficient (Wildman–Crippen LogP) is 6.79. The van der Waals surface area contributed by atoms with Crippen molar-refractivity contribution in [1.82, 2.24) is 4.98 Å².